The van der Waals surface area contributed by atoms with Crippen LogP contribution in [0.5, 0.6) is 0 Å². The summed E-state index contributed by atoms with van der Waals surface area (Å²) in [5, 5.41) is 0. The third-order valence-corrected chi connectivity index (χ3v) is 3.75. The molecule has 1 saturated heterocycles. The minimum absolute atomic E-state index is 0.00947. The zero-order valence-electron chi connectivity index (χ0n) is 12.0. The lowest BCUT2D eigenvalue weighted by Crippen LogP contribution is -2.23. The second-order valence-corrected chi connectivity index (χ2v) is 5.32. The van der Waals surface area contributed by atoms with Gasteiger partial charge in [0, 0.05) is 0 Å². The molecule has 3 heteroatoms. The van der Waals surface area contributed by atoms with Gasteiger partial charge in [-0.05, 0) is 18.8 Å². The van der Waals surface area contributed by atoms with E-state index in [2.05, 4.69) is 13.8 Å². The maximum absolute atomic E-state index is 11.0. The zero-order chi connectivity index (χ0) is 13.2. The van der Waals surface area contributed by atoms with Gasteiger partial charge in [-0.15, -0.1) is 0 Å². The number of unbranched alkanes of at least 4 members (excludes halogenated alkanes) is 5. The Hall–Kier alpha value is -0.730. The Morgan fingerprint density at radius 3 is 2.33 bits per heavy atom. The van der Waals surface area contributed by atoms with E-state index in [9.17, 15) is 4.79 Å². The molecule has 0 amide bonds. The standard InChI is InChI=1S/C15H28O3/c1-3-5-7-8-9-11-13(10-6-4-2)14-12-17-15(16)18-14/h13-14H,3-12H2,1-2H3. The third-order valence-electron chi connectivity index (χ3n) is 3.75. The summed E-state index contributed by atoms with van der Waals surface area (Å²) in [6.45, 7) is 4.90. The summed E-state index contributed by atoms with van der Waals surface area (Å²) in [5.74, 6) is 0.498. The van der Waals surface area contributed by atoms with Gasteiger partial charge in [-0.25, -0.2) is 4.79 Å². The lowest BCUT2D eigenvalue weighted by atomic mass is 9.90. The van der Waals surface area contributed by atoms with Crippen molar-refractivity contribution in [1.82, 2.24) is 0 Å². The van der Waals surface area contributed by atoms with Crippen LogP contribution in [0.2, 0.25) is 0 Å². The number of cyclic esters (lactones) is 2. The van der Waals surface area contributed by atoms with Gasteiger partial charge in [-0.2, -0.15) is 0 Å². The van der Waals surface area contributed by atoms with Gasteiger partial charge < -0.3 is 9.47 Å². The Morgan fingerprint density at radius 2 is 1.72 bits per heavy atom. The maximum Gasteiger partial charge on any atom is 0.508 e. The lowest BCUT2D eigenvalue weighted by molar-refractivity contribution is 0.0911. The first-order chi connectivity index (χ1) is 8.77. The van der Waals surface area contributed by atoms with Crippen LogP contribution < -0.4 is 0 Å². The SMILES string of the molecule is CCCCCCCC(CCCC)C1COC(=O)O1. The van der Waals surface area contributed by atoms with Crippen LogP contribution in [-0.2, 0) is 9.47 Å². The van der Waals surface area contributed by atoms with Crippen molar-refractivity contribution in [2.75, 3.05) is 6.61 Å². The van der Waals surface area contributed by atoms with Gasteiger partial charge >= 0.3 is 6.16 Å². The summed E-state index contributed by atoms with van der Waals surface area (Å²) in [4.78, 5) is 11.0. The van der Waals surface area contributed by atoms with Crippen LogP contribution in [0.1, 0.15) is 71.6 Å². The monoisotopic (exact) mass is 256 g/mol. The quantitative estimate of drug-likeness (QED) is 0.420. The summed E-state index contributed by atoms with van der Waals surface area (Å²) in [6.07, 6.45) is 10.8. The van der Waals surface area contributed by atoms with Crippen LogP contribution in [0, 0.1) is 5.92 Å². The first-order valence-corrected chi connectivity index (χ1v) is 7.61. The summed E-state index contributed by atoms with van der Waals surface area (Å²) < 4.78 is 10.1. The number of carbonyl (C=O) groups is 1. The van der Waals surface area contributed by atoms with Crippen LogP contribution in [-0.4, -0.2) is 18.9 Å². The van der Waals surface area contributed by atoms with Crippen molar-refractivity contribution in [3.8, 4) is 0 Å². The number of ether oxygens (including phenoxy) is 2. The Kier molecular flexibility index (Phi) is 7.86. The zero-order valence-corrected chi connectivity index (χ0v) is 12.0. The molecule has 0 radical (unpaired) electrons. The molecular weight excluding hydrogens is 228 g/mol. The Morgan fingerprint density at radius 1 is 1.06 bits per heavy atom. The first kappa shape index (κ1) is 15.3. The van der Waals surface area contributed by atoms with Gasteiger partial charge in [0.1, 0.15) is 12.7 Å². The lowest BCUT2D eigenvalue weighted by Gasteiger charge is -2.20. The summed E-state index contributed by atoms with van der Waals surface area (Å²) in [6, 6.07) is 0. The number of carbonyl (C=O) groups excluding carboxylic acids is 1. The highest BCUT2D eigenvalue weighted by molar-refractivity contribution is 5.61. The van der Waals surface area contributed by atoms with E-state index in [4.69, 9.17) is 9.47 Å². The highest BCUT2D eigenvalue weighted by Crippen LogP contribution is 2.26. The molecule has 0 aromatic heterocycles. The van der Waals surface area contributed by atoms with Crippen molar-refractivity contribution in [2.45, 2.75) is 77.7 Å². The number of hydrogen-bond donors (Lipinski definition) is 0. The predicted molar refractivity (Wildman–Crippen MR) is 72.6 cm³/mol. The van der Waals surface area contributed by atoms with Crippen LogP contribution in [0.25, 0.3) is 0 Å². The predicted octanol–water partition coefficient (Wildman–Crippen LogP) is 4.69. The molecular formula is C15H28O3. The van der Waals surface area contributed by atoms with E-state index in [1.54, 1.807) is 0 Å². The van der Waals surface area contributed by atoms with Crippen molar-refractivity contribution >= 4 is 6.16 Å². The minimum atomic E-state index is -0.479. The van der Waals surface area contributed by atoms with Crippen LogP contribution >= 0.6 is 0 Å². The fourth-order valence-corrected chi connectivity index (χ4v) is 2.57. The maximum atomic E-state index is 11.0. The average Bonchev–Trinajstić information content (AvgIpc) is 2.79. The van der Waals surface area contributed by atoms with Crippen LogP contribution in [0.15, 0.2) is 0 Å². The Balaban J connectivity index is 2.24. The molecule has 18 heavy (non-hydrogen) atoms. The molecule has 1 fully saturated rings. The normalized spacial score (nSPS) is 20.6. The highest BCUT2D eigenvalue weighted by Gasteiger charge is 2.31. The van der Waals surface area contributed by atoms with E-state index in [0.717, 1.165) is 6.42 Å². The van der Waals surface area contributed by atoms with Gasteiger partial charge in [-0.3, -0.25) is 0 Å². The first-order valence-electron chi connectivity index (χ1n) is 7.61. The molecule has 0 spiro atoms. The van der Waals surface area contributed by atoms with E-state index < -0.39 is 6.16 Å². The van der Waals surface area contributed by atoms with Crippen molar-refractivity contribution in [1.29, 1.82) is 0 Å². The highest BCUT2D eigenvalue weighted by atomic mass is 16.8. The molecule has 1 aliphatic rings. The Labute approximate surface area is 111 Å². The topological polar surface area (TPSA) is 35.5 Å². The van der Waals surface area contributed by atoms with E-state index in [1.807, 2.05) is 0 Å². The van der Waals surface area contributed by atoms with Crippen LogP contribution in [0.3, 0.4) is 0 Å². The van der Waals surface area contributed by atoms with Crippen LogP contribution in [0.4, 0.5) is 4.79 Å². The molecule has 1 aliphatic heterocycles. The van der Waals surface area contributed by atoms with E-state index in [0.29, 0.717) is 12.5 Å². The van der Waals surface area contributed by atoms with Crippen molar-refractivity contribution in [2.24, 2.45) is 5.92 Å². The number of rotatable bonds is 10. The molecule has 2 atom stereocenters. The summed E-state index contributed by atoms with van der Waals surface area (Å²) in [5.41, 5.74) is 0. The molecule has 0 aromatic rings. The van der Waals surface area contributed by atoms with Gasteiger partial charge in [0.2, 0.25) is 0 Å². The van der Waals surface area contributed by atoms with Crippen molar-refractivity contribution < 1.29 is 14.3 Å². The minimum Gasteiger partial charge on any atom is -0.430 e. The summed E-state index contributed by atoms with van der Waals surface area (Å²) in [7, 11) is 0. The molecule has 0 N–H and O–H groups in total. The molecule has 0 aromatic carbocycles. The third kappa shape index (κ3) is 5.74. The van der Waals surface area contributed by atoms with Gasteiger partial charge in [0.15, 0.2) is 0 Å². The van der Waals surface area contributed by atoms with E-state index >= 15 is 0 Å². The number of hydrogen-bond acceptors (Lipinski definition) is 3. The van der Waals surface area contributed by atoms with Gasteiger partial charge in [0.25, 0.3) is 0 Å². The van der Waals surface area contributed by atoms with E-state index in [1.165, 1.54) is 51.4 Å². The Bertz CT molecular complexity index is 228. The molecule has 1 rings (SSSR count). The molecule has 0 saturated carbocycles. The fraction of sp³-hybridized carbons (Fsp3) is 0.933. The van der Waals surface area contributed by atoms with Crippen molar-refractivity contribution in [3.63, 3.8) is 0 Å². The fourth-order valence-electron chi connectivity index (χ4n) is 2.57. The summed E-state index contributed by atoms with van der Waals surface area (Å²) >= 11 is 0. The smallest absolute Gasteiger partial charge is 0.430 e. The molecule has 1 heterocycles. The average molecular weight is 256 g/mol. The molecule has 0 aliphatic carbocycles. The van der Waals surface area contributed by atoms with Gasteiger partial charge in [0.05, 0.1) is 0 Å². The second-order valence-electron chi connectivity index (χ2n) is 5.32. The molecule has 106 valence electrons. The van der Waals surface area contributed by atoms with Gasteiger partial charge in [-0.1, -0.05) is 58.8 Å². The second kappa shape index (κ2) is 9.23. The molecule has 3 nitrogen and oxygen atoms in total. The molecule has 0 bridgehead atoms. The van der Waals surface area contributed by atoms with E-state index in [-0.39, 0.29) is 6.10 Å². The van der Waals surface area contributed by atoms with Crippen molar-refractivity contribution in [3.05, 3.63) is 0 Å². The molecule has 2 unspecified atom stereocenters. The largest absolute Gasteiger partial charge is 0.508 e.